The van der Waals surface area contributed by atoms with Crippen molar-refractivity contribution < 1.29 is 14.3 Å². The molecule has 2 atom stereocenters. The highest BCUT2D eigenvalue weighted by Crippen LogP contribution is 2.37. The van der Waals surface area contributed by atoms with Gasteiger partial charge in [0.25, 0.3) is 0 Å². The van der Waals surface area contributed by atoms with Gasteiger partial charge in [-0.2, -0.15) is 0 Å². The summed E-state index contributed by atoms with van der Waals surface area (Å²) in [6.45, 7) is 3.75. The van der Waals surface area contributed by atoms with Gasteiger partial charge in [-0.3, -0.25) is 4.79 Å². The number of nitrogens with one attached hydrogen (secondary N) is 1. The first-order valence-corrected chi connectivity index (χ1v) is 7.86. The van der Waals surface area contributed by atoms with Gasteiger partial charge in [0.2, 0.25) is 5.91 Å². The molecule has 5 heteroatoms. The van der Waals surface area contributed by atoms with Crippen LogP contribution in [0, 0.1) is 11.7 Å². The Bertz CT molecular complexity index is 493. The van der Waals surface area contributed by atoms with Crippen LogP contribution in [0.3, 0.4) is 0 Å². The third-order valence-electron chi connectivity index (χ3n) is 3.53. The molecule has 0 saturated carbocycles. The summed E-state index contributed by atoms with van der Waals surface area (Å²) in [5.74, 6) is 0.422. The van der Waals surface area contributed by atoms with Crippen molar-refractivity contribution in [2.24, 2.45) is 5.92 Å². The van der Waals surface area contributed by atoms with Gasteiger partial charge in [0.05, 0.1) is 18.6 Å². The van der Waals surface area contributed by atoms with Gasteiger partial charge in [-0.1, -0.05) is 26.0 Å². The third kappa shape index (κ3) is 3.52. The first-order valence-electron chi connectivity index (χ1n) is 6.87. The molecule has 2 rings (SSSR count). The average molecular weight is 297 g/mol. The SMILES string of the molecule is CC(C)C(O)CC(=O)NC1CCSc2c(F)cccc21. The molecule has 0 radical (unpaired) electrons. The Morgan fingerprint density at radius 1 is 1.55 bits per heavy atom. The number of halogens is 1. The molecular formula is C15H20FNO2S. The molecule has 1 aliphatic rings. The van der Waals surface area contributed by atoms with Gasteiger partial charge in [0, 0.05) is 10.6 Å². The fourth-order valence-electron chi connectivity index (χ4n) is 2.22. The lowest BCUT2D eigenvalue weighted by atomic mass is 10.0. The Labute approximate surface area is 123 Å². The number of aliphatic hydroxyl groups excluding tert-OH is 1. The molecule has 1 heterocycles. The number of thioether (sulfide) groups is 1. The van der Waals surface area contributed by atoms with E-state index in [0.717, 1.165) is 17.7 Å². The number of hydrogen-bond donors (Lipinski definition) is 2. The topological polar surface area (TPSA) is 49.3 Å². The van der Waals surface area contributed by atoms with Crippen LogP contribution >= 0.6 is 11.8 Å². The summed E-state index contributed by atoms with van der Waals surface area (Å²) >= 11 is 1.49. The molecule has 0 fully saturated rings. The van der Waals surface area contributed by atoms with E-state index in [-0.39, 0.29) is 30.1 Å². The lowest BCUT2D eigenvalue weighted by molar-refractivity contribution is -0.124. The molecule has 0 bridgehead atoms. The quantitative estimate of drug-likeness (QED) is 0.898. The smallest absolute Gasteiger partial charge is 0.223 e. The lowest BCUT2D eigenvalue weighted by Gasteiger charge is -2.26. The van der Waals surface area contributed by atoms with E-state index in [1.807, 2.05) is 19.9 Å². The highest BCUT2D eigenvalue weighted by molar-refractivity contribution is 7.99. The number of benzene rings is 1. The van der Waals surface area contributed by atoms with Crippen molar-refractivity contribution in [3.05, 3.63) is 29.6 Å². The van der Waals surface area contributed by atoms with Crippen molar-refractivity contribution in [1.29, 1.82) is 0 Å². The first kappa shape index (κ1) is 15.3. The van der Waals surface area contributed by atoms with Gasteiger partial charge < -0.3 is 10.4 Å². The second kappa shape index (κ2) is 6.59. The Morgan fingerprint density at radius 2 is 2.30 bits per heavy atom. The van der Waals surface area contributed by atoms with Crippen molar-refractivity contribution in [2.75, 3.05) is 5.75 Å². The minimum absolute atomic E-state index is 0.0485. The zero-order chi connectivity index (χ0) is 14.7. The molecular weight excluding hydrogens is 277 g/mol. The van der Waals surface area contributed by atoms with E-state index >= 15 is 0 Å². The van der Waals surface area contributed by atoms with E-state index in [2.05, 4.69) is 5.32 Å². The van der Waals surface area contributed by atoms with E-state index in [9.17, 15) is 14.3 Å². The number of aliphatic hydroxyl groups is 1. The standard InChI is InChI=1S/C15H20FNO2S/c1-9(2)13(18)8-14(19)17-12-6-7-20-15-10(12)4-3-5-11(15)16/h3-5,9,12-13,18H,6-8H2,1-2H3,(H,17,19). The molecule has 0 aliphatic carbocycles. The summed E-state index contributed by atoms with van der Waals surface area (Å²) in [5, 5.41) is 12.6. The fourth-order valence-corrected chi connectivity index (χ4v) is 3.36. The Balaban J connectivity index is 2.05. The first-order chi connectivity index (χ1) is 9.49. The summed E-state index contributed by atoms with van der Waals surface area (Å²) in [6, 6.07) is 4.81. The normalized spacial score (nSPS) is 19.6. The number of carbonyl (C=O) groups excluding carboxylic acids is 1. The molecule has 0 saturated heterocycles. The van der Waals surface area contributed by atoms with Gasteiger partial charge in [0.15, 0.2) is 0 Å². The molecule has 1 amide bonds. The van der Waals surface area contributed by atoms with E-state index in [0.29, 0.717) is 4.90 Å². The summed E-state index contributed by atoms with van der Waals surface area (Å²) < 4.78 is 13.7. The van der Waals surface area contributed by atoms with Crippen molar-refractivity contribution in [3.8, 4) is 0 Å². The Hall–Kier alpha value is -1.07. The predicted octanol–water partition coefficient (Wildman–Crippen LogP) is 2.89. The van der Waals surface area contributed by atoms with Crippen LogP contribution in [-0.2, 0) is 4.79 Å². The largest absolute Gasteiger partial charge is 0.392 e. The van der Waals surface area contributed by atoms with E-state index in [1.54, 1.807) is 6.07 Å². The highest BCUT2D eigenvalue weighted by atomic mass is 32.2. The second-order valence-electron chi connectivity index (χ2n) is 5.43. The highest BCUT2D eigenvalue weighted by Gasteiger charge is 2.25. The summed E-state index contributed by atoms with van der Waals surface area (Å²) in [7, 11) is 0. The van der Waals surface area contributed by atoms with Crippen molar-refractivity contribution in [3.63, 3.8) is 0 Å². The summed E-state index contributed by atoms with van der Waals surface area (Å²) in [5.41, 5.74) is 0.841. The predicted molar refractivity (Wildman–Crippen MR) is 78.1 cm³/mol. The number of amides is 1. The minimum atomic E-state index is -0.639. The number of rotatable bonds is 4. The van der Waals surface area contributed by atoms with Crippen molar-refractivity contribution >= 4 is 17.7 Å². The van der Waals surface area contributed by atoms with Crippen LogP contribution in [0.1, 0.15) is 38.3 Å². The number of carbonyl (C=O) groups is 1. The van der Waals surface area contributed by atoms with Gasteiger partial charge >= 0.3 is 0 Å². The van der Waals surface area contributed by atoms with E-state index in [1.165, 1.54) is 17.8 Å². The van der Waals surface area contributed by atoms with Crippen LogP contribution in [-0.4, -0.2) is 22.9 Å². The molecule has 2 unspecified atom stereocenters. The van der Waals surface area contributed by atoms with E-state index < -0.39 is 6.10 Å². The van der Waals surface area contributed by atoms with Gasteiger partial charge in [-0.25, -0.2) is 4.39 Å². The zero-order valence-corrected chi connectivity index (χ0v) is 12.5. The lowest BCUT2D eigenvalue weighted by Crippen LogP contribution is -2.34. The van der Waals surface area contributed by atoms with Gasteiger partial charge in [0.1, 0.15) is 5.82 Å². The molecule has 110 valence electrons. The van der Waals surface area contributed by atoms with Crippen LogP contribution in [0.25, 0.3) is 0 Å². The number of fused-ring (bicyclic) bond motifs is 1. The van der Waals surface area contributed by atoms with Crippen LogP contribution in [0.5, 0.6) is 0 Å². The maximum atomic E-state index is 13.7. The maximum absolute atomic E-state index is 13.7. The molecule has 0 spiro atoms. The summed E-state index contributed by atoms with van der Waals surface area (Å²) in [6.07, 6.45) is 0.233. The van der Waals surface area contributed by atoms with Crippen molar-refractivity contribution in [2.45, 2.75) is 43.7 Å². The number of hydrogen-bond acceptors (Lipinski definition) is 3. The van der Waals surface area contributed by atoms with Crippen LogP contribution in [0.15, 0.2) is 23.1 Å². The van der Waals surface area contributed by atoms with Crippen molar-refractivity contribution in [1.82, 2.24) is 5.32 Å². The average Bonchev–Trinajstić information content (AvgIpc) is 2.39. The van der Waals surface area contributed by atoms with Crippen LogP contribution < -0.4 is 5.32 Å². The Kier molecular flexibility index (Phi) is 5.05. The molecule has 1 aromatic carbocycles. The zero-order valence-electron chi connectivity index (χ0n) is 11.7. The third-order valence-corrected chi connectivity index (χ3v) is 4.68. The van der Waals surface area contributed by atoms with Crippen LogP contribution in [0.2, 0.25) is 0 Å². The fraction of sp³-hybridized carbons (Fsp3) is 0.533. The monoisotopic (exact) mass is 297 g/mol. The van der Waals surface area contributed by atoms with Crippen LogP contribution in [0.4, 0.5) is 4.39 Å². The van der Waals surface area contributed by atoms with Gasteiger partial charge in [-0.15, -0.1) is 11.8 Å². The molecule has 0 aromatic heterocycles. The van der Waals surface area contributed by atoms with E-state index in [4.69, 9.17) is 0 Å². The molecule has 2 N–H and O–H groups in total. The molecule has 1 aromatic rings. The van der Waals surface area contributed by atoms with Gasteiger partial charge in [-0.05, 0) is 24.0 Å². The Morgan fingerprint density at radius 3 is 3.00 bits per heavy atom. The molecule has 3 nitrogen and oxygen atoms in total. The minimum Gasteiger partial charge on any atom is -0.392 e. The summed E-state index contributed by atoms with van der Waals surface area (Å²) in [4.78, 5) is 12.6. The molecule has 1 aliphatic heterocycles. The second-order valence-corrected chi connectivity index (χ2v) is 6.54. The maximum Gasteiger partial charge on any atom is 0.223 e. The molecule has 20 heavy (non-hydrogen) atoms.